The van der Waals surface area contributed by atoms with Crippen molar-refractivity contribution >= 4 is 22.4 Å². The highest BCUT2D eigenvalue weighted by Gasteiger charge is 2.00. The molecule has 78 valence electrons. The molecular weight excluding hydrogens is 210 g/mol. The summed E-state index contributed by atoms with van der Waals surface area (Å²) in [6.45, 7) is 0.658. The first-order valence-electron chi connectivity index (χ1n) is 4.93. The second kappa shape index (κ2) is 4.99. The van der Waals surface area contributed by atoms with Crippen LogP contribution in [-0.4, -0.2) is 17.5 Å². The lowest BCUT2D eigenvalue weighted by molar-refractivity contribution is 0.322. The highest BCUT2D eigenvalue weighted by Crippen LogP contribution is 2.24. The first kappa shape index (κ1) is 10.2. The van der Waals surface area contributed by atoms with Gasteiger partial charge < -0.3 is 4.74 Å². The van der Waals surface area contributed by atoms with E-state index in [-0.39, 0.29) is 0 Å². The topological polar surface area (TPSA) is 22.1 Å². The Balaban J connectivity index is 2.26. The molecule has 0 N–H and O–H groups in total. The van der Waals surface area contributed by atoms with Gasteiger partial charge in [0.25, 0.3) is 0 Å². The summed E-state index contributed by atoms with van der Waals surface area (Å²) in [5.74, 6) is 1.53. The predicted molar refractivity (Wildman–Crippen MR) is 62.6 cm³/mol. The van der Waals surface area contributed by atoms with Crippen molar-refractivity contribution in [3.8, 4) is 5.75 Å². The SMILES string of the molecule is ClCCCOc1cccc2cnccc12. The lowest BCUT2D eigenvalue weighted by Crippen LogP contribution is -1.98. The van der Waals surface area contributed by atoms with Crippen LogP contribution in [0.1, 0.15) is 6.42 Å². The Morgan fingerprint density at radius 2 is 2.20 bits per heavy atom. The van der Waals surface area contributed by atoms with Gasteiger partial charge in [-0.3, -0.25) is 4.98 Å². The second-order valence-corrected chi connectivity index (χ2v) is 3.62. The van der Waals surface area contributed by atoms with Crippen LogP contribution >= 0.6 is 11.6 Å². The summed E-state index contributed by atoms with van der Waals surface area (Å²) in [6, 6.07) is 7.93. The van der Waals surface area contributed by atoms with Gasteiger partial charge in [-0.25, -0.2) is 0 Å². The third-order valence-corrected chi connectivity index (χ3v) is 2.44. The molecule has 1 heterocycles. The highest BCUT2D eigenvalue weighted by atomic mass is 35.5. The Morgan fingerprint density at radius 1 is 1.27 bits per heavy atom. The minimum atomic E-state index is 0.631. The molecule has 0 amide bonds. The van der Waals surface area contributed by atoms with Crippen LogP contribution in [0.25, 0.3) is 10.8 Å². The number of nitrogens with zero attached hydrogens (tertiary/aromatic N) is 1. The summed E-state index contributed by atoms with van der Waals surface area (Å²) in [4.78, 5) is 4.07. The molecule has 0 bridgehead atoms. The van der Waals surface area contributed by atoms with Crippen LogP contribution in [0.3, 0.4) is 0 Å². The summed E-state index contributed by atoms with van der Waals surface area (Å²) >= 11 is 5.60. The molecule has 0 atom stereocenters. The Morgan fingerprint density at radius 3 is 3.07 bits per heavy atom. The smallest absolute Gasteiger partial charge is 0.127 e. The predicted octanol–water partition coefficient (Wildman–Crippen LogP) is 3.24. The van der Waals surface area contributed by atoms with E-state index in [0.29, 0.717) is 12.5 Å². The van der Waals surface area contributed by atoms with Gasteiger partial charge in [0.1, 0.15) is 5.75 Å². The average molecular weight is 222 g/mol. The van der Waals surface area contributed by atoms with Crippen molar-refractivity contribution in [2.24, 2.45) is 0 Å². The number of fused-ring (bicyclic) bond motifs is 1. The Labute approximate surface area is 93.8 Å². The van der Waals surface area contributed by atoms with Crippen molar-refractivity contribution in [1.82, 2.24) is 4.98 Å². The van der Waals surface area contributed by atoms with Gasteiger partial charge in [0, 0.05) is 29.0 Å². The van der Waals surface area contributed by atoms with E-state index in [4.69, 9.17) is 16.3 Å². The molecule has 0 saturated carbocycles. The lowest BCUT2D eigenvalue weighted by Gasteiger charge is -2.07. The fraction of sp³-hybridized carbons (Fsp3) is 0.250. The van der Waals surface area contributed by atoms with Crippen LogP contribution in [0.4, 0.5) is 0 Å². The molecule has 0 aliphatic heterocycles. The van der Waals surface area contributed by atoms with Gasteiger partial charge in [0.15, 0.2) is 0 Å². The number of rotatable bonds is 4. The zero-order valence-electron chi connectivity index (χ0n) is 8.32. The Hall–Kier alpha value is -1.28. The molecule has 0 aliphatic rings. The molecule has 1 aromatic carbocycles. The minimum absolute atomic E-state index is 0.631. The maximum Gasteiger partial charge on any atom is 0.127 e. The Kier molecular flexibility index (Phi) is 3.41. The quantitative estimate of drug-likeness (QED) is 0.584. The second-order valence-electron chi connectivity index (χ2n) is 3.24. The van der Waals surface area contributed by atoms with Crippen LogP contribution in [0.5, 0.6) is 5.75 Å². The number of hydrogen-bond acceptors (Lipinski definition) is 2. The zero-order valence-corrected chi connectivity index (χ0v) is 9.07. The molecule has 0 radical (unpaired) electrons. The fourth-order valence-electron chi connectivity index (χ4n) is 1.46. The van der Waals surface area contributed by atoms with Gasteiger partial charge in [-0.05, 0) is 18.6 Å². The third kappa shape index (κ3) is 2.39. The number of ether oxygens (including phenoxy) is 1. The molecular formula is C12H12ClNO. The van der Waals surface area contributed by atoms with E-state index >= 15 is 0 Å². The van der Waals surface area contributed by atoms with Crippen molar-refractivity contribution in [2.45, 2.75) is 6.42 Å². The number of aromatic nitrogens is 1. The summed E-state index contributed by atoms with van der Waals surface area (Å²) in [5, 5.41) is 2.20. The minimum Gasteiger partial charge on any atom is -0.493 e. The van der Waals surface area contributed by atoms with E-state index in [1.54, 1.807) is 6.20 Å². The molecule has 15 heavy (non-hydrogen) atoms. The summed E-state index contributed by atoms with van der Waals surface area (Å²) in [5.41, 5.74) is 0. The lowest BCUT2D eigenvalue weighted by atomic mass is 10.1. The number of halogens is 1. The number of hydrogen-bond donors (Lipinski definition) is 0. The molecule has 2 nitrogen and oxygen atoms in total. The fourth-order valence-corrected chi connectivity index (χ4v) is 1.56. The average Bonchev–Trinajstić information content (AvgIpc) is 2.30. The van der Waals surface area contributed by atoms with Crippen LogP contribution in [0, 0.1) is 0 Å². The summed E-state index contributed by atoms with van der Waals surface area (Å²) in [7, 11) is 0. The van der Waals surface area contributed by atoms with E-state index < -0.39 is 0 Å². The van der Waals surface area contributed by atoms with Gasteiger partial charge in [0.2, 0.25) is 0 Å². The van der Waals surface area contributed by atoms with Gasteiger partial charge in [-0.2, -0.15) is 0 Å². The van der Waals surface area contributed by atoms with Crippen LogP contribution in [0.15, 0.2) is 36.7 Å². The molecule has 3 heteroatoms. The van der Waals surface area contributed by atoms with Gasteiger partial charge in [0.05, 0.1) is 6.61 Å². The molecule has 0 saturated heterocycles. The maximum atomic E-state index is 5.65. The van der Waals surface area contributed by atoms with Crippen molar-refractivity contribution < 1.29 is 4.74 Å². The van der Waals surface area contributed by atoms with Crippen molar-refractivity contribution in [2.75, 3.05) is 12.5 Å². The third-order valence-electron chi connectivity index (χ3n) is 2.18. The number of benzene rings is 1. The standard InChI is InChI=1S/C12H12ClNO/c13-6-2-8-15-12-4-1-3-10-9-14-7-5-11(10)12/h1,3-5,7,9H,2,6,8H2. The van der Waals surface area contributed by atoms with Crippen molar-refractivity contribution in [1.29, 1.82) is 0 Å². The Bertz CT molecular complexity index is 439. The molecule has 2 aromatic rings. The van der Waals surface area contributed by atoms with Crippen LogP contribution in [-0.2, 0) is 0 Å². The van der Waals surface area contributed by atoms with E-state index in [2.05, 4.69) is 4.98 Å². The van der Waals surface area contributed by atoms with E-state index in [9.17, 15) is 0 Å². The zero-order chi connectivity index (χ0) is 10.5. The molecule has 0 fully saturated rings. The van der Waals surface area contributed by atoms with Gasteiger partial charge in [-0.1, -0.05) is 12.1 Å². The molecule has 2 rings (SSSR count). The normalized spacial score (nSPS) is 10.5. The van der Waals surface area contributed by atoms with Crippen LogP contribution < -0.4 is 4.74 Å². The summed E-state index contributed by atoms with van der Waals surface area (Å²) < 4.78 is 5.65. The largest absolute Gasteiger partial charge is 0.493 e. The molecule has 0 aliphatic carbocycles. The molecule has 0 unspecified atom stereocenters. The van der Waals surface area contributed by atoms with E-state index in [0.717, 1.165) is 22.9 Å². The maximum absolute atomic E-state index is 5.65. The molecule has 0 spiro atoms. The monoisotopic (exact) mass is 221 g/mol. The van der Waals surface area contributed by atoms with E-state index in [1.165, 1.54) is 0 Å². The summed E-state index contributed by atoms with van der Waals surface area (Å²) in [6.07, 6.45) is 4.48. The molecule has 1 aromatic heterocycles. The number of pyridine rings is 1. The van der Waals surface area contributed by atoms with Crippen molar-refractivity contribution in [3.63, 3.8) is 0 Å². The highest BCUT2D eigenvalue weighted by molar-refractivity contribution is 6.17. The first-order chi connectivity index (χ1) is 7.42. The first-order valence-corrected chi connectivity index (χ1v) is 5.47. The number of alkyl halides is 1. The van der Waals surface area contributed by atoms with E-state index in [1.807, 2.05) is 30.5 Å². The van der Waals surface area contributed by atoms with Gasteiger partial charge in [-0.15, -0.1) is 11.6 Å². The van der Waals surface area contributed by atoms with Crippen molar-refractivity contribution in [3.05, 3.63) is 36.7 Å². The van der Waals surface area contributed by atoms with Crippen LogP contribution in [0.2, 0.25) is 0 Å². The van der Waals surface area contributed by atoms with Gasteiger partial charge >= 0.3 is 0 Å².